The van der Waals surface area contributed by atoms with Gasteiger partial charge in [-0.05, 0) is 97.7 Å². The molecule has 0 atom stereocenters. The zero-order valence-electron chi connectivity index (χ0n) is 16.3. The van der Waals surface area contributed by atoms with E-state index < -0.39 is 55.7 Å². The number of rotatable bonds is 7. The molecule has 2 aromatic rings. The van der Waals surface area contributed by atoms with E-state index in [-0.39, 0.29) is 0 Å². The van der Waals surface area contributed by atoms with E-state index in [1.54, 1.807) is 12.1 Å². The van der Waals surface area contributed by atoms with Crippen LogP contribution in [0.25, 0.3) is 0 Å². The summed E-state index contributed by atoms with van der Waals surface area (Å²) in [4.78, 5) is -0.864. The standard InChI is InChI=1S/C20H18F8S2/c1-11-5-12(2)8-15(7-11)29-19(25,26)17(21,22)18(23,24)20(27,28)30-16-9-13(3)6-14(4)10-16/h5-10H,1-4H3. The Kier molecular flexibility index (Phi) is 6.84. The lowest BCUT2D eigenvalue weighted by Gasteiger charge is -2.36. The average molecular weight is 474 g/mol. The van der Waals surface area contributed by atoms with Gasteiger partial charge in [0, 0.05) is 9.79 Å². The molecule has 0 heterocycles. The third-order valence-corrected chi connectivity index (χ3v) is 5.98. The lowest BCUT2D eigenvalue weighted by molar-refractivity contribution is -0.322. The van der Waals surface area contributed by atoms with Gasteiger partial charge in [-0.2, -0.15) is 35.1 Å². The fourth-order valence-corrected chi connectivity index (χ4v) is 4.86. The normalized spacial score (nSPS) is 13.6. The fraction of sp³-hybridized carbons (Fsp3) is 0.400. The lowest BCUT2D eigenvalue weighted by atomic mass is 10.1. The third-order valence-electron chi connectivity index (χ3n) is 4.01. The average Bonchev–Trinajstić information content (AvgIpc) is 2.51. The minimum atomic E-state index is -6.34. The van der Waals surface area contributed by atoms with Gasteiger partial charge in [0.05, 0.1) is 0 Å². The summed E-state index contributed by atoms with van der Waals surface area (Å²) in [6.07, 6.45) is 0. The van der Waals surface area contributed by atoms with Crippen LogP contribution in [0.15, 0.2) is 46.2 Å². The van der Waals surface area contributed by atoms with Crippen molar-refractivity contribution in [1.29, 1.82) is 0 Å². The van der Waals surface area contributed by atoms with Gasteiger partial charge in [0.2, 0.25) is 0 Å². The highest BCUT2D eigenvalue weighted by Crippen LogP contribution is 2.61. The smallest absolute Gasteiger partial charge is 0.191 e. The fourth-order valence-electron chi connectivity index (χ4n) is 2.77. The van der Waals surface area contributed by atoms with Crippen molar-refractivity contribution < 1.29 is 35.1 Å². The van der Waals surface area contributed by atoms with Crippen LogP contribution < -0.4 is 0 Å². The Hall–Kier alpha value is -1.42. The molecule has 0 saturated carbocycles. The zero-order chi connectivity index (χ0) is 23.1. The molecule has 0 aliphatic heterocycles. The van der Waals surface area contributed by atoms with Crippen LogP contribution in [0, 0.1) is 27.7 Å². The Morgan fingerprint density at radius 2 is 0.700 bits per heavy atom. The van der Waals surface area contributed by atoms with E-state index >= 15 is 0 Å². The van der Waals surface area contributed by atoms with Crippen LogP contribution in [0.4, 0.5) is 35.1 Å². The number of aryl methyl sites for hydroxylation is 4. The van der Waals surface area contributed by atoms with Gasteiger partial charge >= 0.3 is 22.4 Å². The summed E-state index contributed by atoms with van der Waals surface area (Å²) < 4.78 is 114. The first-order valence-electron chi connectivity index (χ1n) is 8.54. The van der Waals surface area contributed by atoms with Crippen LogP contribution in [0.1, 0.15) is 22.3 Å². The van der Waals surface area contributed by atoms with Gasteiger partial charge in [0.1, 0.15) is 0 Å². The summed E-state index contributed by atoms with van der Waals surface area (Å²) in [5, 5.41) is -11.0. The van der Waals surface area contributed by atoms with Gasteiger partial charge in [0.15, 0.2) is 0 Å². The molecule has 30 heavy (non-hydrogen) atoms. The second-order valence-corrected chi connectivity index (χ2v) is 9.41. The first-order valence-corrected chi connectivity index (χ1v) is 10.2. The summed E-state index contributed by atoms with van der Waals surface area (Å²) in [6.45, 7) is 5.99. The Labute approximate surface area is 177 Å². The van der Waals surface area contributed by atoms with Crippen LogP contribution in [0.5, 0.6) is 0 Å². The zero-order valence-corrected chi connectivity index (χ0v) is 17.9. The number of alkyl halides is 8. The SMILES string of the molecule is Cc1cc(C)cc(SC(F)(F)C(F)(F)C(F)(F)C(F)(F)Sc2cc(C)cc(C)c2)c1. The van der Waals surface area contributed by atoms with Gasteiger partial charge in [-0.25, -0.2) is 0 Å². The van der Waals surface area contributed by atoms with Crippen molar-refractivity contribution in [1.82, 2.24) is 0 Å². The third kappa shape index (κ3) is 4.90. The number of thioether (sulfide) groups is 2. The van der Waals surface area contributed by atoms with E-state index in [1.807, 2.05) is 0 Å². The summed E-state index contributed by atoms with van der Waals surface area (Å²) in [5.74, 6) is -12.7. The lowest BCUT2D eigenvalue weighted by Crippen LogP contribution is -2.60. The van der Waals surface area contributed by atoms with Crippen molar-refractivity contribution in [3.63, 3.8) is 0 Å². The number of halogens is 8. The minimum Gasteiger partial charge on any atom is -0.191 e. The van der Waals surface area contributed by atoms with Crippen LogP contribution >= 0.6 is 23.5 Å². The minimum absolute atomic E-state index is 0.430. The van der Waals surface area contributed by atoms with E-state index in [1.165, 1.54) is 27.7 Å². The first-order chi connectivity index (χ1) is 13.5. The topological polar surface area (TPSA) is 0 Å². The molecule has 0 saturated heterocycles. The molecule has 2 rings (SSSR count). The molecule has 0 amide bonds. The molecule has 10 heteroatoms. The van der Waals surface area contributed by atoms with Crippen LogP contribution in [0.3, 0.4) is 0 Å². The predicted octanol–water partition coefficient (Wildman–Crippen LogP) is 8.26. The molecular weight excluding hydrogens is 456 g/mol. The molecule has 0 fully saturated rings. The Bertz CT molecular complexity index is 809. The van der Waals surface area contributed by atoms with Crippen LogP contribution in [0.2, 0.25) is 0 Å². The highest BCUT2D eigenvalue weighted by atomic mass is 32.2. The molecule has 0 aliphatic carbocycles. The summed E-state index contributed by atoms with van der Waals surface area (Å²) in [5.41, 5.74) is 1.72. The van der Waals surface area contributed by atoms with E-state index in [2.05, 4.69) is 0 Å². The Morgan fingerprint density at radius 1 is 0.467 bits per heavy atom. The molecule has 166 valence electrons. The molecule has 0 aromatic heterocycles. The quantitative estimate of drug-likeness (QED) is 0.293. The van der Waals surface area contributed by atoms with Gasteiger partial charge in [0.25, 0.3) is 0 Å². The van der Waals surface area contributed by atoms with E-state index in [4.69, 9.17) is 0 Å². The van der Waals surface area contributed by atoms with Crippen molar-refractivity contribution >= 4 is 23.5 Å². The van der Waals surface area contributed by atoms with Crippen molar-refractivity contribution in [3.8, 4) is 0 Å². The summed E-state index contributed by atoms with van der Waals surface area (Å²) in [7, 11) is 0. The van der Waals surface area contributed by atoms with Gasteiger partial charge < -0.3 is 0 Å². The molecule has 0 N–H and O–H groups in total. The second kappa shape index (κ2) is 8.26. The monoisotopic (exact) mass is 474 g/mol. The number of hydrogen-bond acceptors (Lipinski definition) is 2. The van der Waals surface area contributed by atoms with Gasteiger partial charge in [-0.3, -0.25) is 0 Å². The molecule has 0 spiro atoms. The number of benzene rings is 2. The highest BCUT2D eigenvalue weighted by Gasteiger charge is 2.81. The molecule has 0 unspecified atom stereocenters. The van der Waals surface area contributed by atoms with Crippen LogP contribution in [-0.4, -0.2) is 22.4 Å². The molecule has 0 bridgehead atoms. The first kappa shape index (κ1) is 24.8. The van der Waals surface area contributed by atoms with E-state index in [9.17, 15) is 35.1 Å². The van der Waals surface area contributed by atoms with Crippen molar-refractivity contribution in [2.24, 2.45) is 0 Å². The number of hydrogen-bond donors (Lipinski definition) is 0. The molecular formula is C20H18F8S2. The van der Waals surface area contributed by atoms with Crippen molar-refractivity contribution in [3.05, 3.63) is 58.7 Å². The second-order valence-electron chi connectivity index (χ2n) is 7.03. The largest absolute Gasteiger partial charge is 0.389 e. The van der Waals surface area contributed by atoms with Crippen molar-refractivity contribution in [2.75, 3.05) is 0 Å². The predicted molar refractivity (Wildman–Crippen MR) is 103 cm³/mol. The maximum atomic E-state index is 14.2. The van der Waals surface area contributed by atoms with Crippen LogP contribution in [-0.2, 0) is 0 Å². The summed E-state index contributed by atoms with van der Waals surface area (Å²) >= 11 is -1.74. The van der Waals surface area contributed by atoms with Crippen molar-refractivity contribution in [2.45, 2.75) is 59.8 Å². The molecule has 0 nitrogen and oxygen atoms in total. The van der Waals surface area contributed by atoms with Gasteiger partial charge in [-0.15, -0.1) is 0 Å². The maximum Gasteiger partial charge on any atom is 0.389 e. The van der Waals surface area contributed by atoms with E-state index in [0.717, 1.165) is 24.3 Å². The molecule has 0 aliphatic rings. The van der Waals surface area contributed by atoms with Gasteiger partial charge in [-0.1, -0.05) is 12.1 Å². The Morgan fingerprint density at radius 3 is 0.933 bits per heavy atom. The Balaban J connectivity index is 2.38. The highest BCUT2D eigenvalue weighted by molar-refractivity contribution is 8.00. The maximum absolute atomic E-state index is 14.2. The molecule has 2 aromatic carbocycles. The summed E-state index contributed by atoms with van der Waals surface area (Å²) in [6, 6.07) is 7.46. The van der Waals surface area contributed by atoms with E-state index in [0.29, 0.717) is 22.3 Å². The molecule has 0 radical (unpaired) electrons.